The molecule has 2 fully saturated rings. The van der Waals surface area contributed by atoms with Gasteiger partial charge in [0.1, 0.15) is 5.54 Å². The van der Waals surface area contributed by atoms with Crippen LogP contribution >= 0.6 is 0 Å². The maximum Gasteiger partial charge on any atom is 0.112 e. The van der Waals surface area contributed by atoms with Crippen molar-refractivity contribution >= 4 is 0 Å². The third kappa shape index (κ3) is 2.28. The fourth-order valence-corrected chi connectivity index (χ4v) is 4.00. The highest BCUT2D eigenvalue weighted by atomic mass is 15.2. The van der Waals surface area contributed by atoms with Crippen molar-refractivity contribution in [2.75, 3.05) is 6.54 Å². The first-order chi connectivity index (χ1) is 9.35. The van der Waals surface area contributed by atoms with E-state index in [0.29, 0.717) is 5.92 Å². The molecule has 0 amide bonds. The number of rotatable bonds is 2. The maximum atomic E-state index is 9.83. The van der Waals surface area contributed by atoms with Gasteiger partial charge in [-0.15, -0.1) is 0 Å². The van der Waals surface area contributed by atoms with E-state index in [4.69, 9.17) is 0 Å². The topological polar surface area (TPSA) is 27.0 Å². The molecule has 3 rings (SSSR count). The van der Waals surface area contributed by atoms with E-state index in [1.165, 1.54) is 37.7 Å². The molecule has 1 aromatic carbocycles. The maximum absolute atomic E-state index is 9.83. The molecule has 0 unspecified atom stereocenters. The predicted octanol–water partition coefficient (Wildman–Crippen LogP) is 3.73. The fourth-order valence-electron chi connectivity index (χ4n) is 4.00. The Labute approximate surface area is 116 Å². The van der Waals surface area contributed by atoms with Crippen LogP contribution in [0.1, 0.15) is 44.1 Å². The molecule has 2 heteroatoms. The lowest BCUT2D eigenvalue weighted by Crippen LogP contribution is -2.57. The quantitative estimate of drug-likeness (QED) is 0.804. The molecule has 1 saturated carbocycles. The van der Waals surface area contributed by atoms with Gasteiger partial charge in [0, 0.05) is 13.1 Å². The van der Waals surface area contributed by atoms with Gasteiger partial charge in [-0.3, -0.25) is 4.90 Å². The summed E-state index contributed by atoms with van der Waals surface area (Å²) in [5.41, 5.74) is 1.16. The van der Waals surface area contributed by atoms with E-state index in [9.17, 15) is 5.26 Å². The zero-order chi connectivity index (χ0) is 13.1. The van der Waals surface area contributed by atoms with Gasteiger partial charge in [-0.25, -0.2) is 0 Å². The normalized spacial score (nSPS) is 31.4. The van der Waals surface area contributed by atoms with Gasteiger partial charge in [0.2, 0.25) is 0 Å². The standard InChI is InChI=1S/C17H22N2/c18-14-17-11-5-4-9-16(17)10-6-12-19(17)13-15-7-2-1-3-8-15/h1-3,7-8,16H,4-6,9-13H2/t16-,17-/m1/s1. The molecule has 0 N–H and O–H groups in total. The SMILES string of the molecule is N#C[C@]12CCCC[C@@H]1CCCN2Cc1ccccc1. The monoisotopic (exact) mass is 254 g/mol. The zero-order valence-electron chi connectivity index (χ0n) is 11.5. The van der Waals surface area contributed by atoms with Crippen molar-refractivity contribution in [2.45, 2.75) is 50.6 Å². The summed E-state index contributed by atoms with van der Waals surface area (Å²) in [6.45, 7) is 2.02. The Morgan fingerprint density at radius 1 is 1.16 bits per heavy atom. The molecule has 1 heterocycles. The lowest BCUT2D eigenvalue weighted by Gasteiger charge is -2.50. The van der Waals surface area contributed by atoms with Gasteiger partial charge in [-0.1, -0.05) is 43.2 Å². The molecule has 2 atom stereocenters. The third-order valence-corrected chi connectivity index (χ3v) is 4.99. The zero-order valence-corrected chi connectivity index (χ0v) is 11.5. The summed E-state index contributed by atoms with van der Waals surface area (Å²) in [5, 5.41) is 9.83. The Morgan fingerprint density at radius 3 is 2.74 bits per heavy atom. The van der Waals surface area contributed by atoms with Gasteiger partial charge in [-0.2, -0.15) is 5.26 Å². The molecule has 19 heavy (non-hydrogen) atoms. The Balaban J connectivity index is 1.84. The average Bonchev–Trinajstić information content (AvgIpc) is 2.49. The molecule has 1 aliphatic carbocycles. The Morgan fingerprint density at radius 2 is 1.95 bits per heavy atom. The van der Waals surface area contributed by atoms with Gasteiger partial charge in [0.05, 0.1) is 6.07 Å². The summed E-state index contributed by atoms with van der Waals surface area (Å²) in [7, 11) is 0. The summed E-state index contributed by atoms with van der Waals surface area (Å²) < 4.78 is 0. The summed E-state index contributed by atoms with van der Waals surface area (Å²) in [6.07, 6.45) is 7.35. The number of hydrogen-bond donors (Lipinski definition) is 0. The van der Waals surface area contributed by atoms with Gasteiger partial charge in [0.15, 0.2) is 0 Å². The van der Waals surface area contributed by atoms with Crippen LogP contribution in [-0.2, 0) is 6.54 Å². The second-order valence-electron chi connectivity index (χ2n) is 6.03. The minimum atomic E-state index is -0.174. The van der Waals surface area contributed by atoms with Crippen molar-refractivity contribution in [3.63, 3.8) is 0 Å². The lowest BCUT2D eigenvalue weighted by atomic mass is 9.68. The molecule has 2 aliphatic rings. The molecule has 0 radical (unpaired) electrons. The van der Waals surface area contributed by atoms with Gasteiger partial charge in [-0.05, 0) is 37.2 Å². The molecule has 1 aromatic rings. The molecule has 2 nitrogen and oxygen atoms in total. The summed E-state index contributed by atoms with van der Waals surface area (Å²) in [5.74, 6) is 0.601. The first-order valence-electron chi connectivity index (χ1n) is 7.55. The minimum Gasteiger partial charge on any atom is -0.281 e. The van der Waals surface area contributed by atoms with Crippen LogP contribution in [0.15, 0.2) is 30.3 Å². The number of nitriles is 1. The third-order valence-electron chi connectivity index (χ3n) is 4.99. The van der Waals surface area contributed by atoms with E-state index in [2.05, 4.69) is 41.3 Å². The van der Waals surface area contributed by atoms with Crippen LogP contribution in [0, 0.1) is 17.2 Å². The highest BCUT2D eigenvalue weighted by Gasteiger charge is 2.47. The highest BCUT2D eigenvalue weighted by molar-refractivity contribution is 5.19. The van der Waals surface area contributed by atoms with Crippen molar-refractivity contribution in [2.24, 2.45) is 5.92 Å². The molecular formula is C17H22N2. The van der Waals surface area contributed by atoms with Crippen molar-refractivity contribution < 1.29 is 0 Å². The number of hydrogen-bond acceptors (Lipinski definition) is 2. The minimum absolute atomic E-state index is 0.174. The molecular weight excluding hydrogens is 232 g/mol. The average molecular weight is 254 g/mol. The number of likely N-dealkylation sites (tertiary alicyclic amines) is 1. The highest BCUT2D eigenvalue weighted by Crippen LogP contribution is 2.44. The van der Waals surface area contributed by atoms with E-state index in [1.54, 1.807) is 0 Å². The first-order valence-corrected chi connectivity index (χ1v) is 7.55. The van der Waals surface area contributed by atoms with Crippen LogP contribution in [0.3, 0.4) is 0 Å². The number of fused-ring (bicyclic) bond motifs is 1. The van der Waals surface area contributed by atoms with Crippen LogP contribution in [0.25, 0.3) is 0 Å². The summed E-state index contributed by atoms with van der Waals surface area (Å²) in [6, 6.07) is 13.3. The Hall–Kier alpha value is -1.33. The van der Waals surface area contributed by atoms with E-state index < -0.39 is 0 Å². The van der Waals surface area contributed by atoms with Crippen LogP contribution in [0.2, 0.25) is 0 Å². The summed E-state index contributed by atoms with van der Waals surface area (Å²) in [4.78, 5) is 2.47. The van der Waals surface area contributed by atoms with Crippen LogP contribution in [0.5, 0.6) is 0 Å². The van der Waals surface area contributed by atoms with Crippen LogP contribution in [0.4, 0.5) is 0 Å². The Bertz CT molecular complexity index is 460. The lowest BCUT2D eigenvalue weighted by molar-refractivity contribution is 0.00119. The largest absolute Gasteiger partial charge is 0.281 e. The molecule has 1 aliphatic heterocycles. The van der Waals surface area contributed by atoms with Gasteiger partial charge < -0.3 is 0 Å². The van der Waals surface area contributed by atoms with E-state index in [0.717, 1.165) is 19.5 Å². The first kappa shape index (κ1) is 12.7. The number of benzene rings is 1. The van der Waals surface area contributed by atoms with E-state index in [1.807, 2.05) is 0 Å². The van der Waals surface area contributed by atoms with Gasteiger partial charge >= 0.3 is 0 Å². The van der Waals surface area contributed by atoms with E-state index in [-0.39, 0.29) is 5.54 Å². The van der Waals surface area contributed by atoms with Crippen molar-refractivity contribution in [1.29, 1.82) is 5.26 Å². The van der Waals surface area contributed by atoms with Crippen LogP contribution in [-0.4, -0.2) is 17.0 Å². The fraction of sp³-hybridized carbons (Fsp3) is 0.588. The smallest absolute Gasteiger partial charge is 0.112 e. The summed E-state index contributed by atoms with van der Waals surface area (Å²) >= 11 is 0. The molecule has 0 spiro atoms. The number of piperidine rings is 1. The second-order valence-corrected chi connectivity index (χ2v) is 6.03. The predicted molar refractivity (Wildman–Crippen MR) is 76.4 cm³/mol. The Kier molecular flexibility index (Phi) is 3.57. The van der Waals surface area contributed by atoms with Gasteiger partial charge in [0.25, 0.3) is 0 Å². The molecule has 0 bridgehead atoms. The van der Waals surface area contributed by atoms with E-state index >= 15 is 0 Å². The van der Waals surface area contributed by atoms with Crippen LogP contribution < -0.4 is 0 Å². The van der Waals surface area contributed by atoms with Crippen molar-refractivity contribution in [1.82, 2.24) is 4.90 Å². The van der Waals surface area contributed by atoms with Crippen molar-refractivity contribution in [3.05, 3.63) is 35.9 Å². The van der Waals surface area contributed by atoms with Crippen molar-refractivity contribution in [3.8, 4) is 6.07 Å². The second kappa shape index (κ2) is 5.35. The number of nitrogens with zero attached hydrogens (tertiary/aromatic N) is 2. The molecule has 0 aromatic heterocycles. The molecule has 100 valence electrons. The molecule has 1 saturated heterocycles.